The predicted molar refractivity (Wildman–Crippen MR) is 122 cm³/mol. The zero-order valence-electron chi connectivity index (χ0n) is 17.5. The van der Waals surface area contributed by atoms with Crippen molar-refractivity contribution in [2.75, 3.05) is 0 Å². The van der Waals surface area contributed by atoms with Gasteiger partial charge in [-0.3, -0.25) is 15.6 Å². The molecule has 1 fully saturated rings. The molecule has 0 heterocycles. The van der Waals surface area contributed by atoms with Crippen LogP contribution in [0.15, 0.2) is 97.1 Å². The minimum absolute atomic E-state index is 0.0216. The molecule has 3 heteroatoms. The number of hydrogen-bond acceptors (Lipinski definition) is 2. The summed E-state index contributed by atoms with van der Waals surface area (Å²) in [5, 5.41) is 0. The first-order chi connectivity index (χ1) is 14.6. The van der Waals surface area contributed by atoms with E-state index in [1.54, 1.807) is 0 Å². The number of hydrogen-bond donors (Lipinski definition) is 2. The van der Waals surface area contributed by atoms with Gasteiger partial charge in [-0.25, -0.2) is 0 Å². The monoisotopic (exact) mass is 396 g/mol. The number of nitrogens with one attached hydrogen (secondary N) is 2. The Kier molecular flexibility index (Phi) is 5.71. The molecule has 30 heavy (non-hydrogen) atoms. The summed E-state index contributed by atoms with van der Waals surface area (Å²) >= 11 is 0. The maximum atomic E-state index is 13.2. The highest BCUT2D eigenvalue weighted by Gasteiger charge is 2.60. The lowest BCUT2D eigenvalue weighted by Crippen LogP contribution is -2.39. The number of benzene rings is 3. The van der Waals surface area contributed by atoms with E-state index in [0.717, 1.165) is 17.7 Å². The van der Waals surface area contributed by atoms with Gasteiger partial charge in [0.05, 0.1) is 11.6 Å². The van der Waals surface area contributed by atoms with Crippen LogP contribution in [0, 0.1) is 11.8 Å². The van der Waals surface area contributed by atoms with Crippen molar-refractivity contribution in [2.24, 2.45) is 11.8 Å². The summed E-state index contributed by atoms with van der Waals surface area (Å²) in [5.41, 5.74) is 10.3. The fourth-order valence-corrected chi connectivity index (χ4v) is 4.23. The predicted octanol–water partition coefficient (Wildman–Crippen LogP) is 5.31. The standard InChI is InChI=1S/C27H28N2O/c1-20(2)18-25(21-12-6-3-7-13-21)28-29-26(30)24-19-27(24,22-14-8-4-9-15-22)23-16-10-5-11-17-23/h3-18,20,24,28H,19H2,1-2H3,(H,29,30). The summed E-state index contributed by atoms with van der Waals surface area (Å²) in [4.78, 5) is 13.2. The molecule has 1 saturated carbocycles. The Morgan fingerprint density at radius 1 is 0.833 bits per heavy atom. The van der Waals surface area contributed by atoms with Crippen molar-refractivity contribution in [3.63, 3.8) is 0 Å². The van der Waals surface area contributed by atoms with Crippen molar-refractivity contribution in [3.8, 4) is 0 Å². The fourth-order valence-electron chi connectivity index (χ4n) is 4.23. The molecule has 4 rings (SSSR count). The maximum Gasteiger partial charge on any atom is 0.242 e. The van der Waals surface area contributed by atoms with Crippen LogP contribution in [0.5, 0.6) is 0 Å². The molecule has 0 aromatic heterocycles. The van der Waals surface area contributed by atoms with Crippen molar-refractivity contribution in [3.05, 3.63) is 114 Å². The summed E-state index contributed by atoms with van der Waals surface area (Å²) in [5.74, 6) is 0.275. The van der Waals surface area contributed by atoms with Crippen molar-refractivity contribution in [1.29, 1.82) is 0 Å². The molecule has 1 aliphatic carbocycles. The van der Waals surface area contributed by atoms with Crippen LogP contribution in [0.4, 0.5) is 0 Å². The molecule has 3 aromatic carbocycles. The summed E-state index contributed by atoms with van der Waals surface area (Å²) < 4.78 is 0. The summed E-state index contributed by atoms with van der Waals surface area (Å²) in [6.07, 6.45) is 2.94. The van der Waals surface area contributed by atoms with Gasteiger partial charge < -0.3 is 0 Å². The van der Waals surface area contributed by atoms with Gasteiger partial charge in [-0.15, -0.1) is 0 Å². The van der Waals surface area contributed by atoms with E-state index in [-0.39, 0.29) is 17.2 Å². The molecule has 0 spiro atoms. The molecule has 0 aliphatic heterocycles. The lowest BCUT2D eigenvalue weighted by atomic mass is 9.85. The van der Waals surface area contributed by atoms with Crippen LogP contribution in [-0.4, -0.2) is 5.91 Å². The van der Waals surface area contributed by atoms with Crippen molar-refractivity contribution in [2.45, 2.75) is 25.7 Å². The summed E-state index contributed by atoms with van der Waals surface area (Å²) in [7, 11) is 0. The smallest absolute Gasteiger partial charge is 0.242 e. The van der Waals surface area contributed by atoms with Gasteiger partial charge in [-0.05, 0) is 29.0 Å². The van der Waals surface area contributed by atoms with Crippen LogP contribution in [-0.2, 0) is 10.2 Å². The minimum atomic E-state index is -0.261. The minimum Gasteiger partial charge on any atom is -0.298 e. The van der Waals surface area contributed by atoms with Crippen molar-refractivity contribution in [1.82, 2.24) is 10.9 Å². The molecular formula is C27H28N2O. The van der Waals surface area contributed by atoms with E-state index >= 15 is 0 Å². The molecule has 0 radical (unpaired) electrons. The van der Waals surface area contributed by atoms with Crippen LogP contribution >= 0.6 is 0 Å². The molecule has 3 nitrogen and oxygen atoms in total. The molecule has 0 bridgehead atoms. The number of carbonyl (C=O) groups is 1. The number of rotatable bonds is 7. The lowest BCUT2D eigenvalue weighted by molar-refractivity contribution is -0.123. The van der Waals surface area contributed by atoms with Gasteiger partial charge in [-0.1, -0.05) is 111 Å². The molecule has 1 atom stereocenters. The first-order valence-electron chi connectivity index (χ1n) is 10.6. The summed E-state index contributed by atoms with van der Waals surface area (Å²) in [6, 6.07) is 30.8. The van der Waals surface area contributed by atoms with E-state index in [1.165, 1.54) is 11.1 Å². The van der Waals surface area contributed by atoms with Crippen molar-refractivity contribution < 1.29 is 4.79 Å². The van der Waals surface area contributed by atoms with Crippen LogP contribution in [0.3, 0.4) is 0 Å². The average Bonchev–Trinajstić information content (AvgIpc) is 3.55. The molecule has 0 saturated heterocycles. The fraction of sp³-hybridized carbons (Fsp3) is 0.222. The highest BCUT2D eigenvalue weighted by atomic mass is 16.2. The van der Waals surface area contributed by atoms with Gasteiger partial charge in [-0.2, -0.15) is 0 Å². The molecule has 1 unspecified atom stereocenters. The first kappa shape index (κ1) is 20.0. The highest BCUT2D eigenvalue weighted by molar-refractivity contribution is 5.86. The SMILES string of the molecule is CC(C)C=C(NNC(=O)C1CC1(c1ccccc1)c1ccccc1)c1ccccc1. The second kappa shape index (κ2) is 8.58. The highest BCUT2D eigenvalue weighted by Crippen LogP contribution is 2.58. The first-order valence-corrected chi connectivity index (χ1v) is 10.6. The Morgan fingerprint density at radius 3 is 1.83 bits per heavy atom. The zero-order valence-corrected chi connectivity index (χ0v) is 17.5. The molecule has 1 amide bonds. The largest absolute Gasteiger partial charge is 0.298 e. The third kappa shape index (κ3) is 4.02. The van der Waals surface area contributed by atoms with Gasteiger partial charge in [0, 0.05) is 5.41 Å². The van der Waals surface area contributed by atoms with Gasteiger partial charge >= 0.3 is 0 Å². The Hall–Kier alpha value is -3.33. The van der Waals surface area contributed by atoms with Gasteiger partial charge in [0.1, 0.15) is 0 Å². The van der Waals surface area contributed by atoms with E-state index in [0.29, 0.717) is 5.92 Å². The van der Waals surface area contributed by atoms with E-state index in [1.807, 2.05) is 66.7 Å². The quantitative estimate of drug-likeness (QED) is 0.531. The molecular weight excluding hydrogens is 368 g/mol. The Labute approximate surface area is 178 Å². The zero-order chi connectivity index (χ0) is 21.0. The lowest BCUT2D eigenvalue weighted by Gasteiger charge is -2.20. The Balaban J connectivity index is 1.55. The molecule has 2 N–H and O–H groups in total. The van der Waals surface area contributed by atoms with E-state index < -0.39 is 0 Å². The number of allylic oxidation sites excluding steroid dienone is 1. The van der Waals surface area contributed by atoms with Crippen LogP contribution in [0.25, 0.3) is 5.70 Å². The van der Waals surface area contributed by atoms with E-state index in [2.05, 4.69) is 55.0 Å². The second-order valence-electron chi connectivity index (χ2n) is 8.26. The Morgan fingerprint density at radius 2 is 1.33 bits per heavy atom. The van der Waals surface area contributed by atoms with Gasteiger partial charge in [0.2, 0.25) is 5.91 Å². The number of carbonyl (C=O) groups excluding carboxylic acids is 1. The van der Waals surface area contributed by atoms with Crippen molar-refractivity contribution >= 4 is 11.6 Å². The van der Waals surface area contributed by atoms with Gasteiger partial charge in [0.15, 0.2) is 0 Å². The van der Waals surface area contributed by atoms with Crippen LogP contribution < -0.4 is 10.9 Å². The number of amides is 1. The molecule has 152 valence electrons. The molecule has 1 aliphatic rings. The van der Waals surface area contributed by atoms with E-state index in [4.69, 9.17) is 0 Å². The normalized spacial score (nSPS) is 17.4. The Bertz CT molecular complexity index is 971. The van der Waals surface area contributed by atoms with E-state index in [9.17, 15) is 4.79 Å². The second-order valence-corrected chi connectivity index (χ2v) is 8.26. The maximum absolute atomic E-state index is 13.2. The number of hydrazine groups is 1. The van der Waals surface area contributed by atoms with Gasteiger partial charge in [0.25, 0.3) is 0 Å². The van der Waals surface area contributed by atoms with Crippen LogP contribution in [0.1, 0.15) is 37.0 Å². The topological polar surface area (TPSA) is 41.1 Å². The third-order valence-corrected chi connectivity index (χ3v) is 5.76. The molecule has 3 aromatic rings. The summed E-state index contributed by atoms with van der Waals surface area (Å²) in [6.45, 7) is 4.26. The van der Waals surface area contributed by atoms with Crippen LogP contribution in [0.2, 0.25) is 0 Å². The third-order valence-electron chi connectivity index (χ3n) is 5.76. The average molecular weight is 397 g/mol.